The molecule has 148 valence electrons. The monoisotopic (exact) mass is 392 g/mol. The second-order valence-electron chi connectivity index (χ2n) is 8.05. The van der Waals surface area contributed by atoms with Gasteiger partial charge in [0.25, 0.3) is 0 Å². The van der Waals surface area contributed by atoms with Crippen molar-refractivity contribution in [2.45, 2.75) is 39.3 Å². The van der Waals surface area contributed by atoms with Crippen molar-refractivity contribution >= 4 is 34.0 Å². The first kappa shape index (κ1) is 17.5. The van der Waals surface area contributed by atoms with Gasteiger partial charge in [-0.15, -0.1) is 0 Å². The second-order valence-corrected chi connectivity index (χ2v) is 8.05. The van der Waals surface area contributed by atoms with Gasteiger partial charge in [-0.1, -0.05) is 62.4 Å². The quantitative estimate of drug-likeness (QED) is 0.433. The predicted molar refractivity (Wildman–Crippen MR) is 123 cm³/mol. The molecule has 0 aliphatic carbocycles. The highest BCUT2D eigenvalue weighted by Crippen LogP contribution is 2.51. The standard InChI is InChI=1S/C26H24N4/c1-3-17-14-15-18(4-2)24-23(17)27-25-26(28-24)30-21-13-9-8-10-19(21)16-22(30)29(25)20-11-6-5-7-12-20/h5-15,22H,3-4,16H2,1-2H3. The number of aryl methyl sites for hydroxylation is 2. The average molecular weight is 393 g/mol. The second kappa shape index (κ2) is 6.56. The molecule has 1 atom stereocenters. The number of hydrogen-bond acceptors (Lipinski definition) is 4. The number of benzene rings is 3. The minimum absolute atomic E-state index is 0.173. The molecule has 2 aliphatic heterocycles. The number of rotatable bonds is 3. The molecule has 4 aromatic rings. The first-order chi connectivity index (χ1) is 14.8. The molecule has 1 unspecified atom stereocenters. The lowest BCUT2D eigenvalue weighted by molar-refractivity contribution is 0.723. The summed E-state index contributed by atoms with van der Waals surface area (Å²) in [5, 5.41) is 0. The zero-order valence-corrected chi connectivity index (χ0v) is 17.3. The van der Waals surface area contributed by atoms with Crippen molar-refractivity contribution in [1.29, 1.82) is 0 Å². The molecule has 0 N–H and O–H groups in total. The summed E-state index contributed by atoms with van der Waals surface area (Å²) in [5.41, 5.74) is 8.41. The molecule has 0 spiro atoms. The minimum Gasteiger partial charge on any atom is -0.301 e. The fraction of sp³-hybridized carbons (Fsp3) is 0.231. The van der Waals surface area contributed by atoms with Crippen molar-refractivity contribution in [1.82, 2.24) is 9.97 Å². The molecule has 30 heavy (non-hydrogen) atoms. The topological polar surface area (TPSA) is 32.3 Å². The lowest BCUT2D eigenvalue weighted by atomic mass is 10.0. The molecule has 0 fully saturated rings. The van der Waals surface area contributed by atoms with E-state index in [1.54, 1.807) is 0 Å². The van der Waals surface area contributed by atoms with Crippen LogP contribution >= 0.6 is 0 Å². The van der Waals surface area contributed by atoms with Crippen LogP contribution < -0.4 is 9.80 Å². The number of aromatic nitrogens is 2. The lowest BCUT2D eigenvalue weighted by Gasteiger charge is -2.26. The molecule has 3 heterocycles. The molecular formula is C26H24N4. The Morgan fingerprint density at radius 3 is 2.00 bits per heavy atom. The Kier molecular flexibility index (Phi) is 3.82. The Bertz CT molecular complexity index is 1220. The fourth-order valence-corrected chi connectivity index (χ4v) is 4.97. The molecule has 4 heteroatoms. The number of fused-ring (bicyclic) bond motifs is 6. The van der Waals surface area contributed by atoms with Gasteiger partial charge < -0.3 is 9.80 Å². The number of hydrogen-bond donors (Lipinski definition) is 0. The maximum Gasteiger partial charge on any atom is 0.179 e. The molecular weight excluding hydrogens is 368 g/mol. The van der Waals surface area contributed by atoms with Crippen LogP contribution in [-0.2, 0) is 19.3 Å². The highest BCUT2D eigenvalue weighted by atomic mass is 15.5. The van der Waals surface area contributed by atoms with Gasteiger partial charge in [-0.2, -0.15) is 0 Å². The van der Waals surface area contributed by atoms with Crippen LogP contribution in [0.25, 0.3) is 11.0 Å². The van der Waals surface area contributed by atoms with Crippen molar-refractivity contribution in [3.05, 3.63) is 83.4 Å². The Hall–Kier alpha value is -3.40. The predicted octanol–water partition coefficient (Wildman–Crippen LogP) is 5.93. The van der Waals surface area contributed by atoms with Gasteiger partial charge in [-0.3, -0.25) is 0 Å². The van der Waals surface area contributed by atoms with E-state index in [0.717, 1.165) is 47.6 Å². The van der Waals surface area contributed by atoms with Crippen LogP contribution in [0, 0.1) is 0 Å². The summed E-state index contributed by atoms with van der Waals surface area (Å²) in [6.07, 6.45) is 3.04. The van der Waals surface area contributed by atoms with Crippen LogP contribution in [0.2, 0.25) is 0 Å². The highest BCUT2D eigenvalue weighted by molar-refractivity contribution is 5.93. The van der Waals surface area contributed by atoms with E-state index in [4.69, 9.17) is 9.97 Å². The van der Waals surface area contributed by atoms with Crippen LogP contribution in [-0.4, -0.2) is 16.1 Å². The van der Waals surface area contributed by atoms with Crippen molar-refractivity contribution in [2.75, 3.05) is 9.80 Å². The fourth-order valence-electron chi connectivity index (χ4n) is 4.97. The zero-order valence-electron chi connectivity index (χ0n) is 17.3. The largest absolute Gasteiger partial charge is 0.301 e. The summed E-state index contributed by atoms with van der Waals surface area (Å²) in [7, 11) is 0. The van der Waals surface area contributed by atoms with E-state index in [-0.39, 0.29) is 6.17 Å². The van der Waals surface area contributed by atoms with E-state index in [1.165, 1.54) is 22.4 Å². The summed E-state index contributed by atoms with van der Waals surface area (Å²) < 4.78 is 0. The summed E-state index contributed by atoms with van der Waals surface area (Å²) in [6, 6.07) is 23.7. The van der Waals surface area contributed by atoms with Crippen LogP contribution in [0.3, 0.4) is 0 Å². The Labute approximate surface area is 176 Å². The third-order valence-electron chi connectivity index (χ3n) is 6.46. The molecule has 4 nitrogen and oxygen atoms in total. The summed E-state index contributed by atoms with van der Waals surface area (Å²) >= 11 is 0. The van der Waals surface area contributed by atoms with E-state index in [0.29, 0.717) is 0 Å². The van der Waals surface area contributed by atoms with Crippen molar-refractivity contribution in [2.24, 2.45) is 0 Å². The maximum absolute atomic E-state index is 5.27. The first-order valence-electron chi connectivity index (χ1n) is 10.8. The van der Waals surface area contributed by atoms with E-state index in [1.807, 2.05) is 0 Å². The van der Waals surface area contributed by atoms with Crippen LogP contribution in [0.15, 0.2) is 66.7 Å². The molecule has 0 saturated heterocycles. The molecule has 1 aromatic heterocycles. The number of nitrogens with zero attached hydrogens (tertiary/aromatic N) is 4. The van der Waals surface area contributed by atoms with Gasteiger partial charge in [-0.25, -0.2) is 9.97 Å². The molecule has 0 saturated carbocycles. The first-order valence-corrected chi connectivity index (χ1v) is 10.8. The third-order valence-corrected chi connectivity index (χ3v) is 6.46. The van der Waals surface area contributed by atoms with E-state index >= 15 is 0 Å². The summed E-state index contributed by atoms with van der Waals surface area (Å²) in [4.78, 5) is 15.3. The lowest BCUT2D eigenvalue weighted by Crippen LogP contribution is -2.35. The number of para-hydroxylation sites is 2. The van der Waals surface area contributed by atoms with E-state index in [9.17, 15) is 0 Å². The number of anilines is 4. The molecule has 3 aromatic carbocycles. The summed E-state index contributed by atoms with van der Waals surface area (Å²) in [5.74, 6) is 1.94. The molecule has 0 radical (unpaired) electrons. The van der Waals surface area contributed by atoms with Crippen LogP contribution in [0.5, 0.6) is 0 Å². The minimum atomic E-state index is 0.173. The van der Waals surface area contributed by atoms with Gasteiger partial charge >= 0.3 is 0 Å². The summed E-state index contributed by atoms with van der Waals surface area (Å²) in [6.45, 7) is 4.39. The SMILES string of the molecule is CCc1ccc(CC)c2nc3c(nc12)N(c1ccccc1)C1Cc2ccccc2N31. The normalized spacial score (nSPS) is 16.7. The van der Waals surface area contributed by atoms with Gasteiger partial charge in [0.1, 0.15) is 6.17 Å². The van der Waals surface area contributed by atoms with E-state index in [2.05, 4.69) is 90.4 Å². The Morgan fingerprint density at radius 1 is 0.733 bits per heavy atom. The van der Waals surface area contributed by atoms with Gasteiger partial charge in [0, 0.05) is 17.8 Å². The smallest absolute Gasteiger partial charge is 0.179 e. The van der Waals surface area contributed by atoms with E-state index < -0.39 is 0 Å². The van der Waals surface area contributed by atoms with Gasteiger partial charge in [-0.05, 0) is 47.7 Å². The Morgan fingerprint density at radius 2 is 1.33 bits per heavy atom. The van der Waals surface area contributed by atoms with Gasteiger partial charge in [0.2, 0.25) is 0 Å². The zero-order chi connectivity index (χ0) is 20.2. The van der Waals surface area contributed by atoms with Crippen LogP contribution in [0.1, 0.15) is 30.5 Å². The molecule has 2 aliphatic rings. The molecule has 0 bridgehead atoms. The van der Waals surface area contributed by atoms with Crippen molar-refractivity contribution in [3.63, 3.8) is 0 Å². The highest BCUT2D eigenvalue weighted by Gasteiger charge is 2.45. The maximum atomic E-state index is 5.27. The average Bonchev–Trinajstić information content (AvgIpc) is 3.31. The van der Waals surface area contributed by atoms with Crippen molar-refractivity contribution in [3.8, 4) is 0 Å². The van der Waals surface area contributed by atoms with Crippen molar-refractivity contribution < 1.29 is 0 Å². The van der Waals surface area contributed by atoms with Gasteiger partial charge in [0.15, 0.2) is 11.6 Å². The Balaban J connectivity index is 1.66. The third kappa shape index (κ3) is 2.34. The molecule has 6 rings (SSSR count). The van der Waals surface area contributed by atoms with Crippen LogP contribution in [0.4, 0.5) is 23.0 Å². The van der Waals surface area contributed by atoms with Gasteiger partial charge in [0.05, 0.1) is 11.0 Å². The molecule has 0 amide bonds.